The molecular formula is C18H13N. The van der Waals surface area contributed by atoms with E-state index in [9.17, 15) is 0 Å². The molecule has 0 saturated carbocycles. The monoisotopic (exact) mass is 243 g/mol. The van der Waals surface area contributed by atoms with E-state index in [1.807, 2.05) is 25.1 Å². The van der Waals surface area contributed by atoms with Crippen molar-refractivity contribution < 1.29 is 0 Å². The molecule has 0 atom stereocenters. The lowest BCUT2D eigenvalue weighted by Gasteiger charge is -2.10. The molecule has 0 heterocycles. The van der Waals surface area contributed by atoms with E-state index < -0.39 is 0 Å². The van der Waals surface area contributed by atoms with Gasteiger partial charge in [0, 0.05) is 0 Å². The molecule has 1 nitrogen and oxygen atoms in total. The van der Waals surface area contributed by atoms with E-state index in [2.05, 4.69) is 48.5 Å². The molecule has 3 rings (SSSR count). The lowest BCUT2D eigenvalue weighted by molar-refractivity contribution is 1.39. The molecule has 0 aromatic heterocycles. The van der Waals surface area contributed by atoms with E-state index in [1.165, 1.54) is 16.3 Å². The van der Waals surface area contributed by atoms with Crippen molar-refractivity contribution in [3.63, 3.8) is 0 Å². The van der Waals surface area contributed by atoms with Gasteiger partial charge in [0.1, 0.15) is 0 Å². The Hall–Kier alpha value is -2.59. The number of hydrogen-bond donors (Lipinski definition) is 0. The molecule has 90 valence electrons. The third-order valence-corrected chi connectivity index (χ3v) is 3.53. The molecule has 0 fully saturated rings. The molecule has 3 aromatic rings. The van der Waals surface area contributed by atoms with Gasteiger partial charge in [-0.15, -0.1) is 0 Å². The summed E-state index contributed by atoms with van der Waals surface area (Å²) in [4.78, 5) is 0. The Morgan fingerprint density at radius 3 is 2.32 bits per heavy atom. The van der Waals surface area contributed by atoms with Crippen LogP contribution < -0.4 is 0 Å². The first kappa shape index (κ1) is 11.5. The third-order valence-electron chi connectivity index (χ3n) is 3.53. The van der Waals surface area contributed by atoms with Gasteiger partial charge in [0.05, 0.1) is 11.6 Å². The standard InChI is InChI=1S/C18H13N/c1-13-15(12-19)8-5-10-16(13)18-11-4-7-14-6-2-3-9-17(14)18/h2-11H,1H3. The minimum absolute atomic E-state index is 0.741. The molecule has 0 aliphatic rings. The average Bonchev–Trinajstić information content (AvgIpc) is 2.47. The first-order valence-corrected chi connectivity index (χ1v) is 6.29. The van der Waals surface area contributed by atoms with Crippen molar-refractivity contribution in [3.8, 4) is 17.2 Å². The zero-order valence-corrected chi connectivity index (χ0v) is 10.7. The molecule has 0 saturated heterocycles. The fourth-order valence-corrected chi connectivity index (χ4v) is 2.51. The second kappa shape index (κ2) is 4.59. The largest absolute Gasteiger partial charge is 0.192 e. The molecule has 0 bridgehead atoms. The maximum Gasteiger partial charge on any atom is 0.0994 e. The van der Waals surface area contributed by atoms with Gasteiger partial charge in [-0.05, 0) is 40.5 Å². The minimum Gasteiger partial charge on any atom is -0.192 e. The normalized spacial score (nSPS) is 10.3. The van der Waals surface area contributed by atoms with Gasteiger partial charge in [-0.3, -0.25) is 0 Å². The van der Waals surface area contributed by atoms with Crippen LogP contribution in [0.2, 0.25) is 0 Å². The third kappa shape index (κ3) is 1.88. The molecule has 0 unspecified atom stereocenters. The SMILES string of the molecule is Cc1c(C#N)cccc1-c1cccc2ccccc12. The second-order valence-corrected chi connectivity index (χ2v) is 4.62. The fraction of sp³-hybridized carbons (Fsp3) is 0.0556. The number of nitrogens with zero attached hydrogens (tertiary/aromatic N) is 1. The first-order chi connectivity index (χ1) is 9.31. The Balaban J connectivity index is 2.35. The molecular weight excluding hydrogens is 230 g/mol. The van der Waals surface area contributed by atoms with Crippen molar-refractivity contribution in [2.75, 3.05) is 0 Å². The van der Waals surface area contributed by atoms with Crippen LogP contribution in [0.4, 0.5) is 0 Å². The predicted octanol–water partition coefficient (Wildman–Crippen LogP) is 4.69. The van der Waals surface area contributed by atoms with E-state index in [0.29, 0.717) is 0 Å². The zero-order valence-electron chi connectivity index (χ0n) is 10.7. The van der Waals surface area contributed by atoms with Gasteiger partial charge in [-0.2, -0.15) is 5.26 Å². The number of fused-ring (bicyclic) bond motifs is 1. The van der Waals surface area contributed by atoms with E-state index >= 15 is 0 Å². The first-order valence-electron chi connectivity index (χ1n) is 6.29. The lowest BCUT2D eigenvalue weighted by atomic mass is 9.93. The van der Waals surface area contributed by atoms with Crippen LogP contribution in [0.3, 0.4) is 0 Å². The molecule has 0 N–H and O–H groups in total. The Morgan fingerprint density at radius 1 is 0.789 bits per heavy atom. The lowest BCUT2D eigenvalue weighted by Crippen LogP contribution is -1.89. The summed E-state index contributed by atoms with van der Waals surface area (Å²) in [6.07, 6.45) is 0. The predicted molar refractivity (Wildman–Crippen MR) is 78.8 cm³/mol. The van der Waals surface area contributed by atoms with Crippen molar-refractivity contribution in [3.05, 3.63) is 71.8 Å². The van der Waals surface area contributed by atoms with Crippen molar-refractivity contribution in [2.45, 2.75) is 6.92 Å². The zero-order chi connectivity index (χ0) is 13.2. The summed E-state index contributed by atoms with van der Waals surface area (Å²) in [6.45, 7) is 2.01. The van der Waals surface area contributed by atoms with E-state index in [0.717, 1.165) is 16.7 Å². The van der Waals surface area contributed by atoms with Crippen molar-refractivity contribution in [2.24, 2.45) is 0 Å². The molecule has 0 radical (unpaired) electrons. The van der Waals surface area contributed by atoms with Crippen LogP contribution in [-0.2, 0) is 0 Å². The topological polar surface area (TPSA) is 23.8 Å². The van der Waals surface area contributed by atoms with Crippen LogP contribution in [0.25, 0.3) is 21.9 Å². The van der Waals surface area contributed by atoms with Crippen LogP contribution in [0, 0.1) is 18.3 Å². The van der Waals surface area contributed by atoms with Gasteiger partial charge in [-0.1, -0.05) is 54.6 Å². The van der Waals surface area contributed by atoms with Gasteiger partial charge in [0.15, 0.2) is 0 Å². The smallest absolute Gasteiger partial charge is 0.0994 e. The summed E-state index contributed by atoms with van der Waals surface area (Å²) in [6, 6.07) is 22.8. The number of rotatable bonds is 1. The van der Waals surface area contributed by atoms with Crippen LogP contribution >= 0.6 is 0 Å². The summed E-state index contributed by atoms with van der Waals surface area (Å²) < 4.78 is 0. The van der Waals surface area contributed by atoms with Gasteiger partial charge < -0.3 is 0 Å². The van der Waals surface area contributed by atoms with Crippen molar-refractivity contribution in [1.29, 1.82) is 5.26 Å². The fourth-order valence-electron chi connectivity index (χ4n) is 2.51. The van der Waals surface area contributed by atoms with E-state index in [4.69, 9.17) is 5.26 Å². The van der Waals surface area contributed by atoms with Crippen LogP contribution in [-0.4, -0.2) is 0 Å². The molecule has 0 aliphatic carbocycles. The van der Waals surface area contributed by atoms with Gasteiger partial charge in [0.2, 0.25) is 0 Å². The van der Waals surface area contributed by atoms with E-state index in [1.54, 1.807) is 0 Å². The van der Waals surface area contributed by atoms with Gasteiger partial charge in [0.25, 0.3) is 0 Å². The molecule has 0 spiro atoms. The van der Waals surface area contributed by atoms with Crippen molar-refractivity contribution >= 4 is 10.8 Å². The van der Waals surface area contributed by atoms with Crippen LogP contribution in [0.15, 0.2) is 60.7 Å². The summed E-state index contributed by atoms with van der Waals surface area (Å²) in [5, 5.41) is 11.6. The second-order valence-electron chi connectivity index (χ2n) is 4.62. The molecule has 19 heavy (non-hydrogen) atoms. The highest BCUT2D eigenvalue weighted by molar-refractivity contribution is 5.97. The van der Waals surface area contributed by atoms with Crippen LogP contribution in [0.1, 0.15) is 11.1 Å². The quantitative estimate of drug-likeness (QED) is 0.608. The number of hydrogen-bond acceptors (Lipinski definition) is 1. The molecule has 3 aromatic carbocycles. The minimum atomic E-state index is 0.741. The number of benzene rings is 3. The van der Waals surface area contributed by atoms with Gasteiger partial charge >= 0.3 is 0 Å². The Bertz CT molecular complexity index is 789. The van der Waals surface area contributed by atoms with E-state index in [-0.39, 0.29) is 0 Å². The Labute approximate surface area is 112 Å². The maximum atomic E-state index is 9.15. The highest BCUT2D eigenvalue weighted by Crippen LogP contribution is 2.31. The van der Waals surface area contributed by atoms with Gasteiger partial charge in [-0.25, -0.2) is 0 Å². The summed E-state index contributed by atoms with van der Waals surface area (Å²) >= 11 is 0. The highest BCUT2D eigenvalue weighted by Gasteiger charge is 2.08. The maximum absolute atomic E-state index is 9.15. The highest BCUT2D eigenvalue weighted by atomic mass is 14.2. The molecule has 1 heteroatoms. The van der Waals surface area contributed by atoms with Crippen LogP contribution in [0.5, 0.6) is 0 Å². The molecule has 0 aliphatic heterocycles. The number of nitriles is 1. The Morgan fingerprint density at radius 2 is 1.47 bits per heavy atom. The molecule has 0 amide bonds. The van der Waals surface area contributed by atoms with Crippen molar-refractivity contribution in [1.82, 2.24) is 0 Å². The Kier molecular flexibility index (Phi) is 2.78. The average molecular weight is 243 g/mol. The summed E-state index contributed by atoms with van der Waals surface area (Å²) in [5.74, 6) is 0. The summed E-state index contributed by atoms with van der Waals surface area (Å²) in [7, 11) is 0. The summed E-state index contributed by atoms with van der Waals surface area (Å²) in [5.41, 5.74) is 4.11.